The maximum atomic E-state index is 13.9. The van der Waals surface area contributed by atoms with E-state index in [1.54, 1.807) is 18.4 Å². The van der Waals surface area contributed by atoms with Crippen molar-refractivity contribution in [1.82, 2.24) is 24.7 Å². The summed E-state index contributed by atoms with van der Waals surface area (Å²) in [5.41, 5.74) is 8.56. The quantitative estimate of drug-likeness (QED) is 0.360. The maximum absolute atomic E-state index is 13.9. The Morgan fingerprint density at radius 3 is 2.64 bits per heavy atom. The summed E-state index contributed by atoms with van der Waals surface area (Å²) in [6.07, 6.45) is 1.36. The average Bonchev–Trinajstić information content (AvgIpc) is 3.30. The van der Waals surface area contributed by atoms with Crippen LogP contribution in [-0.2, 0) is 0 Å². The Labute approximate surface area is 207 Å². The monoisotopic (exact) mass is 477 g/mol. The van der Waals surface area contributed by atoms with E-state index in [0.29, 0.717) is 28.2 Å². The van der Waals surface area contributed by atoms with Gasteiger partial charge < -0.3 is 15.6 Å². The Hall–Kier alpha value is -4.97. The zero-order chi connectivity index (χ0) is 25.2. The number of nitrogens with one attached hydrogen (secondary N) is 1. The number of hydrogen-bond donors (Lipinski definition) is 2. The van der Waals surface area contributed by atoms with Crippen LogP contribution in [0.1, 0.15) is 37.0 Å². The number of aryl methyl sites for hydroxylation is 1. The molecule has 2 aromatic carbocycles. The van der Waals surface area contributed by atoms with Crippen molar-refractivity contribution in [1.29, 1.82) is 0 Å². The number of para-hydroxylation sites is 1. The molecule has 3 aromatic heterocycles. The van der Waals surface area contributed by atoms with Gasteiger partial charge in [-0.15, -0.1) is 5.92 Å². The van der Waals surface area contributed by atoms with E-state index in [9.17, 15) is 4.79 Å². The second kappa shape index (κ2) is 9.35. The van der Waals surface area contributed by atoms with Gasteiger partial charge >= 0.3 is 0 Å². The summed E-state index contributed by atoms with van der Waals surface area (Å²) in [6, 6.07) is 16.8. The minimum absolute atomic E-state index is 0.157. The summed E-state index contributed by atoms with van der Waals surface area (Å²) in [5.74, 6) is 7.25. The predicted molar refractivity (Wildman–Crippen MR) is 139 cm³/mol. The van der Waals surface area contributed by atoms with Gasteiger partial charge in [-0.25, -0.2) is 9.97 Å². The number of aromatic nitrogens is 5. The molecular weight excluding hydrogens is 454 g/mol. The zero-order valence-electron chi connectivity index (χ0n) is 20.0. The first-order chi connectivity index (χ1) is 17.5. The van der Waals surface area contributed by atoms with Crippen molar-refractivity contribution < 1.29 is 4.52 Å². The Balaban J connectivity index is 1.70. The van der Waals surface area contributed by atoms with Gasteiger partial charge in [-0.3, -0.25) is 9.36 Å². The maximum Gasteiger partial charge on any atom is 0.265 e. The van der Waals surface area contributed by atoms with Crippen LogP contribution in [0, 0.1) is 18.8 Å². The van der Waals surface area contributed by atoms with Gasteiger partial charge in [0.05, 0.1) is 11.4 Å². The Morgan fingerprint density at radius 2 is 1.92 bits per heavy atom. The fourth-order valence-electron chi connectivity index (χ4n) is 4.18. The Morgan fingerprint density at radius 1 is 1.11 bits per heavy atom. The molecule has 9 heteroatoms. The fraction of sp³-hybridized carbons (Fsp3) is 0.148. The third-order valence-corrected chi connectivity index (χ3v) is 5.76. The molecule has 0 saturated heterocycles. The molecule has 178 valence electrons. The summed E-state index contributed by atoms with van der Waals surface area (Å²) in [5, 5.41) is 8.59. The molecule has 36 heavy (non-hydrogen) atoms. The highest BCUT2D eigenvalue weighted by Gasteiger charge is 2.22. The van der Waals surface area contributed by atoms with E-state index in [2.05, 4.69) is 37.3 Å². The molecule has 0 aliphatic rings. The Bertz CT molecular complexity index is 1690. The number of hydrogen-bond acceptors (Lipinski definition) is 8. The lowest BCUT2D eigenvalue weighted by molar-refractivity contribution is 0.425. The SMILES string of the molecule is CC#Cc1cccc2cc(C(C)Nc3ncnc(N)c3-c3nc(C)no3)n(-c3ccccc3)c(=O)c12. The van der Waals surface area contributed by atoms with Crippen LogP contribution in [-0.4, -0.2) is 24.7 Å². The van der Waals surface area contributed by atoms with Crippen molar-refractivity contribution in [2.45, 2.75) is 26.8 Å². The van der Waals surface area contributed by atoms with Crippen LogP contribution >= 0.6 is 0 Å². The van der Waals surface area contributed by atoms with Crippen molar-refractivity contribution in [3.8, 4) is 29.0 Å². The number of nitrogens with two attached hydrogens (primary N) is 1. The van der Waals surface area contributed by atoms with Crippen LogP contribution in [0.5, 0.6) is 0 Å². The van der Waals surface area contributed by atoms with Crippen molar-refractivity contribution in [2.24, 2.45) is 0 Å². The molecule has 0 fully saturated rings. The second-order valence-corrected chi connectivity index (χ2v) is 8.19. The molecule has 5 rings (SSSR count). The lowest BCUT2D eigenvalue weighted by atomic mass is 10.0. The van der Waals surface area contributed by atoms with Gasteiger partial charge in [-0.1, -0.05) is 41.4 Å². The van der Waals surface area contributed by atoms with Crippen LogP contribution in [0.4, 0.5) is 11.6 Å². The lowest BCUT2D eigenvalue weighted by Crippen LogP contribution is -2.26. The average molecular weight is 478 g/mol. The molecule has 0 spiro atoms. The van der Waals surface area contributed by atoms with Crippen LogP contribution in [0.2, 0.25) is 0 Å². The number of nitrogens with zero attached hydrogens (tertiary/aromatic N) is 5. The van der Waals surface area contributed by atoms with E-state index in [4.69, 9.17) is 10.3 Å². The first-order valence-corrected chi connectivity index (χ1v) is 11.3. The molecule has 0 aliphatic carbocycles. The molecule has 9 nitrogen and oxygen atoms in total. The largest absolute Gasteiger partial charge is 0.383 e. The van der Waals surface area contributed by atoms with E-state index >= 15 is 0 Å². The number of benzene rings is 2. The number of pyridine rings is 1. The van der Waals surface area contributed by atoms with Gasteiger partial charge in [-0.2, -0.15) is 4.98 Å². The van der Waals surface area contributed by atoms with Crippen molar-refractivity contribution in [3.05, 3.63) is 88.4 Å². The van der Waals surface area contributed by atoms with Crippen molar-refractivity contribution in [2.75, 3.05) is 11.1 Å². The summed E-state index contributed by atoms with van der Waals surface area (Å²) < 4.78 is 7.03. The van der Waals surface area contributed by atoms with Gasteiger partial charge in [-0.05, 0) is 50.4 Å². The van der Waals surface area contributed by atoms with E-state index in [1.165, 1.54) is 6.33 Å². The fourth-order valence-corrected chi connectivity index (χ4v) is 4.18. The minimum Gasteiger partial charge on any atom is -0.383 e. The summed E-state index contributed by atoms with van der Waals surface area (Å²) in [4.78, 5) is 26.7. The molecule has 3 N–H and O–H groups in total. The van der Waals surface area contributed by atoms with Crippen molar-refractivity contribution >= 4 is 22.4 Å². The Kier molecular flexibility index (Phi) is 5.92. The lowest BCUT2D eigenvalue weighted by Gasteiger charge is -2.22. The van der Waals surface area contributed by atoms with E-state index in [0.717, 1.165) is 16.8 Å². The van der Waals surface area contributed by atoms with Crippen LogP contribution in [0.3, 0.4) is 0 Å². The molecule has 0 saturated carbocycles. The van der Waals surface area contributed by atoms with Crippen LogP contribution < -0.4 is 16.6 Å². The predicted octanol–water partition coefficient (Wildman–Crippen LogP) is 4.27. The first-order valence-electron chi connectivity index (χ1n) is 11.3. The van der Waals surface area contributed by atoms with Gasteiger partial charge in [0, 0.05) is 16.9 Å². The standard InChI is InChI=1S/C27H23N7O2/c1-4-9-18-10-8-11-19-14-21(34(27(35)22(18)19)20-12-6-5-7-13-20)16(2)31-25-23(24(28)29-15-30-25)26-32-17(3)33-36-26/h5-8,10-16H,1-3H3,(H3,28,29,30,31). The third-order valence-electron chi connectivity index (χ3n) is 5.76. The molecule has 3 heterocycles. The first kappa shape index (κ1) is 22.8. The van der Waals surface area contributed by atoms with E-state index < -0.39 is 0 Å². The van der Waals surface area contributed by atoms with Crippen LogP contribution in [0.15, 0.2) is 70.2 Å². The number of nitrogen functional groups attached to an aromatic ring is 1. The van der Waals surface area contributed by atoms with E-state index in [1.807, 2.05) is 61.5 Å². The molecule has 0 bridgehead atoms. The van der Waals surface area contributed by atoms with Gasteiger partial charge in [0.15, 0.2) is 5.82 Å². The summed E-state index contributed by atoms with van der Waals surface area (Å²) in [7, 11) is 0. The third kappa shape index (κ3) is 4.05. The number of rotatable bonds is 5. The number of fused-ring (bicyclic) bond motifs is 1. The normalized spacial score (nSPS) is 11.6. The molecule has 0 aliphatic heterocycles. The topological polar surface area (TPSA) is 125 Å². The molecule has 1 unspecified atom stereocenters. The van der Waals surface area contributed by atoms with Gasteiger partial charge in [0.1, 0.15) is 23.5 Å². The highest BCUT2D eigenvalue weighted by molar-refractivity contribution is 5.88. The van der Waals surface area contributed by atoms with E-state index in [-0.39, 0.29) is 23.3 Å². The highest BCUT2D eigenvalue weighted by Crippen LogP contribution is 2.32. The molecule has 0 radical (unpaired) electrons. The molecular formula is C27H23N7O2. The highest BCUT2D eigenvalue weighted by atomic mass is 16.5. The molecule has 0 amide bonds. The molecule has 5 aromatic rings. The second-order valence-electron chi connectivity index (χ2n) is 8.19. The summed E-state index contributed by atoms with van der Waals surface area (Å²) >= 11 is 0. The van der Waals surface area contributed by atoms with Crippen molar-refractivity contribution in [3.63, 3.8) is 0 Å². The van der Waals surface area contributed by atoms with Crippen LogP contribution in [0.25, 0.3) is 27.9 Å². The molecule has 1 atom stereocenters. The smallest absolute Gasteiger partial charge is 0.265 e. The van der Waals surface area contributed by atoms with Gasteiger partial charge in [0.2, 0.25) is 0 Å². The minimum atomic E-state index is -0.375. The summed E-state index contributed by atoms with van der Waals surface area (Å²) in [6.45, 7) is 5.41. The number of anilines is 2. The van der Waals surface area contributed by atoms with Gasteiger partial charge in [0.25, 0.3) is 11.4 Å². The zero-order valence-corrected chi connectivity index (χ0v) is 20.0.